The number of carbonyl (C=O) groups is 5. The van der Waals surface area contributed by atoms with E-state index in [1.165, 1.54) is 12.3 Å². The predicted octanol–water partition coefficient (Wildman–Crippen LogP) is 1.36. The maximum Gasteiger partial charge on any atom is 0.260 e. The third-order valence-corrected chi connectivity index (χ3v) is 10.3. The van der Waals surface area contributed by atoms with Gasteiger partial charge >= 0.3 is 0 Å². The van der Waals surface area contributed by atoms with Crippen LogP contribution in [0.4, 0.5) is 0 Å². The summed E-state index contributed by atoms with van der Waals surface area (Å²) in [5, 5.41) is 37.8. The number of amides is 1. The quantitative estimate of drug-likeness (QED) is 0.0472. The second kappa shape index (κ2) is 11.3. The van der Waals surface area contributed by atoms with Gasteiger partial charge in [-0.25, -0.2) is 5.43 Å². The van der Waals surface area contributed by atoms with Gasteiger partial charge in [0, 0.05) is 18.2 Å². The van der Waals surface area contributed by atoms with Crippen molar-refractivity contribution >= 4 is 68.6 Å². The molecule has 15 nitrogen and oxygen atoms in total. The number of aryl methyl sites for hydroxylation is 1. The number of pyridine rings is 1. The molecule has 1 saturated heterocycles. The van der Waals surface area contributed by atoms with Crippen LogP contribution in [-0.4, -0.2) is 97.9 Å². The lowest BCUT2D eigenvalue weighted by Crippen LogP contribution is -2.46. The van der Waals surface area contributed by atoms with Gasteiger partial charge in [-0.2, -0.15) is 5.10 Å². The minimum absolute atomic E-state index is 0.0389. The fourth-order valence-electron chi connectivity index (χ4n) is 7.01. The first kappa shape index (κ1) is 31.6. The Balaban J connectivity index is 1.25. The average molecular weight is 768 g/mol. The Hall–Kier alpha value is -4.94. The number of fused-ring (bicyclic) bond motifs is 5. The summed E-state index contributed by atoms with van der Waals surface area (Å²) >= 11 is 2.18. The third kappa shape index (κ3) is 4.42. The van der Waals surface area contributed by atoms with Crippen LogP contribution >= 0.6 is 22.6 Å². The number of hydrogen-bond donors (Lipinski definition) is 5. The van der Waals surface area contributed by atoms with E-state index >= 15 is 0 Å². The minimum Gasteiger partial charge on any atom is -0.507 e. The van der Waals surface area contributed by atoms with E-state index in [9.17, 15) is 44.1 Å². The van der Waals surface area contributed by atoms with Crippen molar-refractivity contribution in [3.05, 3.63) is 73.4 Å². The summed E-state index contributed by atoms with van der Waals surface area (Å²) in [4.78, 5) is 84.3. The second-order valence-electron chi connectivity index (χ2n) is 11.7. The first-order valence-electron chi connectivity index (χ1n) is 14.7. The van der Waals surface area contributed by atoms with Gasteiger partial charge in [0.05, 0.1) is 70.5 Å². The molecule has 0 radical (unpaired) electrons. The molecule has 2 atom stereocenters. The highest BCUT2D eigenvalue weighted by molar-refractivity contribution is 14.1. The molecule has 48 heavy (non-hydrogen) atoms. The molecule has 0 saturated carbocycles. The van der Waals surface area contributed by atoms with E-state index in [0.717, 1.165) is 13.2 Å². The van der Waals surface area contributed by atoms with Gasteiger partial charge in [0.1, 0.15) is 22.7 Å². The summed E-state index contributed by atoms with van der Waals surface area (Å²) in [6, 6.07) is 3.04. The molecule has 1 aliphatic heterocycles. The van der Waals surface area contributed by atoms with E-state index in [0.29, 0.717) is 25.3 Å². The van der Waals surface area contributed by atoms with Crippen molar-refractivity contribution in [2.45, 2.75) is 22.3 Å². The van der Waals surface area contributed by atoms with Gasteiger partial charge in [-0.15, -0.1) is 0 Å². The molecule has 1 unspecified atom stereocenters. The number of H-pyrrole nitrogens is 1. The number of ketones is 4. The number of phenolic OH excluding ortho intramolecular Hbond substituents is 3. The molecule has 3 aliphatic carbocycles. The van der Waals surface area contributed by atoms with E-state index in [1.807, 2.05) is 4.90 Å². The molecule has 3 aromatic rings. The SMILES string of the molecule is COC1=CC(=O)c2c(O)c3c(c(O)c2C1=O)C(=O)[C@]1(CCc2cc4cc(C=NNC(=O)CN5CCOCC5I)[nH]c(=O)c4c(O)c21)C3=O. The number of nitrogens with zero attached hydrogens (tertiary/aromatic N) is 2. The first-order valence-corrected chi connectivity index (χ1v) is 15.9. The van der Waals surface area contributed by atoms with E-state index in [1.54, 1.807) is 6.07 Å². The maximum atomic E-state index is 14.1. The predicted molar refractivity (Wildman–Crippen MR) is 174 cm³/mol. The Morgan fingerprint density at radius 3 is 2.50 bits per heavy atom. The maximum absolute atomic E-state index is 14.1. The van der Waals surface area contributed by atoms with Crippen molar-refractivity contribution in [1.82, 2.24) is 15.3 Å². The first-order chi connectivity index (χ1) is 22.9. The van der Waals surface area contributed by atoms with Crippen molar-refractivity contribution < 1.29 is 48.8 Å². The molecule has 4 aliphatic rings. The Morgan fingerprint density at radius 2 is 1.81 bits per heavy atom. The number of hydrogen-bond acceptors (Lipinski definition) is 13. The van der Waals surface area contributed by atoms with Crippen LogP contribution in [-0.2, 0) is 26.1 Å². The summed E-state index contributed by atoms with van der Waals surface area (Å²) in [6.07, 6.45) is 1.93. The number of benzene rings is 2. The Kier molecular flexibility index (Phi) is 7.48. The van der Waals surface area contributed by atoms with Crippen LogP contribution in [0.5, 0.6) is 17.2 Å². The molecule has 16 heteroatoms. The van der Waals surface area contributed by atoms with Gasteiger partial charge in [0.25, 0.3) is 11.5 Å². The zero-order chi connectivity index (χ0) is 34.2. The van der Waals surface area contributed by atoms with Gasteiger partial charge < -0.3 is 29.8 Å². The number of rotatable bonds is 5. The number of phenols is 3. The summed E-state index contributed by atoms with van der Waals surface area (Å²) < 4.78 is 10.3. The molecule has 1 fully saturated rings. The summed E-state index contributed by atoms with van der Waals surface area (Å²) in [5.41, 5.74) is -2.76. The fourth-order valence-corrected chi connectivity index (χ4v) is 7.74. The lowest BCUT2D eigenvalue weighted by Gasteiger charge is -2.30. The Morgan fingerprint density at radius 1 is 1.10 bits per heavy atom. The smallest absolute Gasteiger partial charge is 0.260 e. The van der Waals surface area contributed by atoms with E-state index in [2.05, 4.69) is 38.1 Å². The molecule has 246 valence electrons. The lowest BCUT2D eigenvalue weighted by molar-refractivity contribution is -0.123. The normalized spacial score (nSPS) is 22.0. The number of ether oxygens (including phenoxy) is 2. The van der Waals surface area contributed by atoms with Crippen molar-refractivity contribution in [3.63, 3.8) is 0 Å². The largest absolute Gasteiger partial charge is 0.507 e. The zero-order valence-electron chi connectivity index (χ0n) is 25.0. The molecule has 7 rings (SSSR count). The number of aromatic hydroxyl groups is 3. The highest BCUT2D eigenvalue weighted by atomic mass is 127. The molecule has 5 N–H and O–H groups in total. The fraction of sp³-hybridized carbons (Fsp3) is 0.281. The van der Waals surface area contributed by atoms with Crippen LogP contribution in [0.3, 0.4) is 0 Å². The number of Topliss-reactive ketones (excluding diaryl/α,β-unsaturated/α-hetero) is 3. The number of aromatic nitrogens is 1. The molecule has 2 aromatic carbocycles. The van der Waals surface area contributed by atoms with Crippen LogP contribution < -0.4 is 11.0 Å². The highest BCUT2D eigenvalue weighted by Gasteiger charge is 2.61. The minimum atomic E-state index is -2.15. The average Bonchev–Trinajstić information content (AvgIpc) is 3.54. The number of methoxy groups -OCH3 is 1. The number of nitrogens with one attached hydrogen (secondary N) is 2. The number of morpholine rings is 1. The summed E-state index contributed by atoms with van der Waals surface area (Å²) in [6.45, 7) is 1.72. The van der Waals surface area contributed by atoms with Crippen molar-refractivity contribution in [2.24, 2.45) is 5.10 Å². The second-order valence-corrected chi connectivity index (χ2v) is 13.2. The topological polar surface area (TPSA) is 225 Å². The van der Waals surface area contributed by atoms with Gasteiger partial charge in [-0.1, -0.05) is 28.7 Å². The molecule has 2 heterocycles. The lowest BCUT2D eigenvalue weighted by atomic mass is 9.76. The molecule has 1 amide bonds. The van der Waals surface area contributed by atoms with Crippen LogP contribution in [0.2, 0.25) is 0 Å². The van der Waals surface area contributed by atoms with Gasteiger partial charge in [-0.05, 0) is 29.9 Å². The van der Waals surface area contributed by atoms with Crippen molar-refractivity contribution in [2.75, 3.05) is 33.4 Å². The Bertz CT molecular complexity index is 2170. The van der Waals surface area contributed by atoms with Crippen LogP contribution in [0.25, 0.3) is 10.8 Å². The van der Waals surface area contributed by atoms with Crippen LogP contribution in [0, 0.1) is 0 Å². The molecular weight excluding hydrogens is 743 g/mol. The third-order valence-electron chi connectivity index (χ3n) is 9.18. The number of hydrazone groups is 1. The number of allylic oxidation sites excluding steroid dienone is 2. The van der Waals surface area contributed by atoms with E-state index < -0.39 is 79.4 Å². The number of halogens is 1. The number of aromatic amines is 1. The summed E-state index contributed by atoms with van der Waals surface area (Å²) in [5.74, 6) is -7.24. The molecule has 1 spiro atoms. The highest BCUT2D eigenvalue weighted by Crippen LogP contribution is 2.57. The monoisotopic (exact) mass is 768 g/mol. The van der Waals surface area contributed by atoms with Gasteiger partial charge in [0.15, 0.2) is 23.1 Å². The van der Waals surface area contributed by atoms with Crippen molar-refractivity contribution in [3.8, 4) is 17.2 Å². The van der Waals surface area contributed by atoms with Crippen molar-refractivity contribution in [1.29, 1.82) is 0 Å². The Labute approximate surface area is 283 Å². The standard InChI is InChI=1S/C32H25IN4O11/c1-47-16-8-15(38)20-21(25(16)40)27(42)23-22(26(20)41)29(44)32(30(23)45)3-2-12-6-13-7-14(35-31(46)19(13)28(43)24(12)32)9-34-36-18(39)10-37-4-5-48-11-17(37)33/h6-9,17,41-43H,2-5,10-11H2,1H3,(H,35,46)(H,36,39)/t17?,32-/m0/s1. The molecule has 0 bridgehead atoms. The van der Waals surface area contributed by atoms with Crippen LogP contribution in [0.1, 0.15) is 64.7 Å². The molecular formula is C32H25IN4O11. The van der Waals surface area contributed by atoms with Crippen LogP contribution in [0.15, 0.2) is 33.9 Å². The van der Waals surface area contributed by atoms with E-state index in [4.69, 9.17) is 9.47 Å². The molecule has 1 aromatic heterocycles. The number of carbonyl (C=O) groups excluding carboxylic acids is 5. The van der Waals surface area contributed by atoms with Gasteiger partial charge in [-0.3, -0.25) is 33.7 Å². The zero-order valence-corrected chi connectivity index (χ0v) is 27.2. The van der Waals surface area contributed by atoms with E-state index in [-0.39, 0.29) is 51.4 Å². The summed E-state index contributed by atoms with van der Waals surface area (Å²) in [7, 11) is 1.13. The van der Waals surface area contributed by atoms with Gasteiger partial charge in [0.2, 0.25) is 5.78 Å². The number of alkyl halides is 1.